The van der Waals surface area contributed by atoms with E-state index in [1.54, 1.807) is 20.0 Å². The van der Waals surface area contributed by atoms with Crippen LogP contribution in [0.5, 0.6) is 5.75 Å². The van der Waals surface area contributed by atoms with Gasteiger partial charge in [-0.15, -0.1) is 0 Å². The molecule has 0 aliphatic carbocycles. The molecule has 1 aromatic heterocycles. The summed E-state index contributed by atoms with van der Waals surface area (Å²) < 4.78 is 16.3. The predicted octanol–water partition coefficient (Wildman–Crippen LogP) is 1.56. The lowest BCUT2D eigenvalue weighted by molar-refractivity contribution is -0.180. The van der Waals surface area contributed by atoms with Crippen LogP contribution in [0.25, 0.3) is 0 Å². The molecule has 0 bridgehead atoms. The highest BCUT2D eigenvalue weighted by molar-refractivity contribution is 5.91. The zero-order valence-electron chi connectivity index (χ0n) is 14.6. The molecular formula is C17H22N2O6. The van der Waals surface area contributed by atoms with Gasteiger partial charge in [0.05, 0.1) is 13.7 Å². The minimum atomic E-state index is -0.882. The number of carbonyl (C=O) groups excluding carboxylic acids is 1. The van der Waals surface area contributed by atoms with Crippen LogP contribution in [-0.4, -0.2) is 52.4 Å². The molecule has 1 fully saturated rings. The van der Waals surface area contributed by atoms with Gasteiger partial charge < -0.3 is 19.3 Å². The minimum absolute atomic E-state index is 0.105. The molecule has 0 saturated carbocycles. The number of carboxylic acids is 1. The third-order valence-corrected chi connectivity index (χ3v) is 4.54. The van der Waals surface area contributed by atoms with Crippen LogP contribution in [0.4, 0.5) is 0 Å². The monoisotopic (exact) mass is 350 g/mol. The quantitative estimate of drug-likeness (QED) is 0.817. The Morgan fingerprint density at radius 2 is 2.24 bits per heavy atom. The van der Waals surface area contributed by atoms with Crippen molar-refractivity contribution in [2.45, 2.75) is 51.7 Å². The van der Waals surface area contributed by atoms with Crippen LogP contribution in [0.1, 0.15) is 48.3 Å². The second-order valence-corrected chi connectivity index (χ2v) is 6.69. The molecule has 1 aromatic rings. The van der Waals surface area contributed by atoms with Crippen molar-refractivity contribution in [1.29, 1.82) is 0 Å². The van der Waals surface area contributed by atoms with Gasteiger partial charge in [-0.2, -0.15) is 0 Å². The first kappa shape index (κ1) is 17.6. The fourth-order valence-electron chi connectivity index (χ4n) is 3.25. The van der Waals surface area contributed by atoms with E-state index in [1.165, 1.54) is 7.11 Å². The first-order valence-corrected chi connectivity index (χ1v) is 8.21. The standard InChI is InChI=1S/C17H22N2O6/c1-17(2)24-9-11-10(8-19-6-4-5-12(19)15(20)21)7-18-13(14(11)25-17)16(22)23-3/h7,12H,4-6,8-9H2,1-3H3,(H,20,21)/t12-/m0/s1. The highest BCUT2D eigenvalue weighted by atomic mass is 16.7. The van der Waals surface area contributed by atoms with Crippen LogP contribution < -0.4 is 4.74 Å². The summed E-state index contributed by atoms with van der Waals surface area (Å²) >= 11 is 0. The summed E-state index contributed by atoms with van der Waals surface area (Å²) in [5.41, 5.74) is 1.62. The Bertz CT molecular complexity index is 703. The van der Waals surface area contributed by atoms with E-state index in [0.29, 0.717) is 30.8 Å². The summed E-state index contributed by atoms with van der Waals surface area (Å²) in [6.07, 6.45) is 3.05. The van der Waals surface area contributed by atoms with Crippen LogP contribution >= 0.6 is 0 Å². The summed E-state index contributed by atoms with van der Waals surface area (Å²) in [6, 6.07) is -0.502. The van der Waals surface area contributed by atoms with E-state index in [1.807, 2.05) is 4.90 Å². The maximum Gasteiger partial charge on any atom is 0.360 e. The van der Waals surface area contributed by atoms with E-state index < -0.39 is 23.8 Å². The molecule has 2 aliphatic heterocycles. The van der Waals surface area contributed by atoms with Crippen molar-refractivity contribution in [2.24, 2.45) is 0 Å². The van der Waals surface area contributed by atoms with E-state index in [9.17, 15) is 14.7 Å². The SMILES string of the molecule is COC(=O)c1ncc(CN2CCC[C@H]2C(=O)O)c2c1OC(C)(C)OC2. The van der Waals surface area contributed by atoms with Crippen molar-refractivity contribution in [2.75, 3.05) is 13.7 Å². The van der Waals surface area contributed by atoms with Crippen molar-refractivity contribution in [3.05, 3.63) is 23.0 Å². The number of pyridine rings is 1. The van der Waals surface area contributed by atoms with Gasteiger partial charge in [0, 0.05) is 32.2 Å². The number of nitrogens with zero attached hydrogens (tertiary/aromatic N) is 2. The summed E-state index contributed by atoms with van der Waals surface area (Å²) in [5, 5.41) is 9.35. The first-order valence-electron chi connectivity index (χ1n) is 8.21. The third kappa shape index (κ3) is 3.45. The molecule has 0 spiro atoms. The minimum Gasteiger partial charge on any atom is -0.480 e. The molecule has 0 unspecified atom stereocenters. The summed E-state index contributed by atoms with van der Waals surface area (Å²) in [5.74, 6) is -1.93. The van der Waals surface area contributed by atoms with Crippen molar-refractivity contribution in [1.82, 2.24) is 9.88 Å². The summed E-state index contributed by atoms with van der Waals surface area (Å²) in [4.78, 5) is 29.5. The molecule has 8 nitrogen and oxygen atoms in total. The van der Waals surface area contributed by atoms with Crippen LogP contribution in [0.2, 0.25) is 0 Å². The number of hydrogen-bond donors (Lipinski definition) is 1. The van der Waals surface area contributed by atoms with Gasteiger partial charge >= 0.3 is 11.9 Å². The average molecular weight is 350 g/mol. The van der Waals surface area contributed by atoms with Crippen molar-refractivity contribution < 1.29 is 28.9 Å². The first-order chi connectivity index (χ1) is 11.8. The number of esters is 1. The number of aliphatic carboxylic acids is 1. The molecule has 1 atom stereocenters. The Morgan fingerprint density at radius 1 is 1.48 bits per heavy atom. The van der Waals surface area contributed by atoms with Gasteiger partial charge in [0.15, 0.2) is 11.4 Å². The number of carboxylic acid groups (broad SMARTS) is 1. The lowest BCUT2D eigenvalue weighted by Gasteiger charge is -2.34. The fraction of sp³-hybridized carbons (Fsp3) is 0.588. The Balaban J connectivity index is 1.96. The van der Waals surface area contributed by atoms with Gasteiger partial charge in [-0.3, -0.25) is 9.69 Å². The van der Waals surface area contributed by atoms with E-state index >= 15 is 0 Å². The molecule has 0 aromatic carbocycles. The van der Waals surface area contributed by atoms with Crippen molar-refractivity contribution in [3.63, 3.8) is 0 Å². The van der Waals surface area contributed by atoms with Gasteiger partial charge in [0.25, 0.3) is 0 Å². The number of aromatic nitrogens is 1. The molecule has 25 heavy (non-hydrogen) atoms. The molecule has 3 rings (SSSR count). The van der Waals surface area contributed by atoms with Crippen molar-refractivity contribution >= 4 is 11.9 Å². The Kier molecular flexibility index (Phi) is 4.66. The molecule has 2 aliphatic rings. The van der Waals surface area contributed by atoms with Crippen molar-refractivity contribution in [3.8, 4) is 5.75 Å². The fourth-order valence-corrected chi connectivity index (χ4v) is 3.25. The Morgan fingerprint density at radius 3 is 2.92 bits per heavy atom. The number of hydrogen-bond acceptors (Lipinski definition) is 7. The normalized spacial score (nSPS) is 22.1. The summed E-state index contributed by atoms with van der Waals surface area (Å²) in [6.45, 7) is 4.89. The second kappa shape index (κ2) is 6.61. The zero-order chi connectivity index (χ0) is 18.2. The van der Waals surface area contributed by atoms with E-state index in [4.69, 9.17) is 14.2 Å². The number of fused-ring (bicyclic) bond motifs is 1. The number of methoxy groups -OCH3 is 1. The van der Waals surface area contributed by atoms with E-state index in [0.717, 1.165) is 12.0 Å². The number of likely N-dealkylation sites (tertiary alicyclic amines) is 1. The number of carbonyl (C=O) groups is 2. The lowest BCUT2D eigenvalue weighted by atomic mass is 10.1. The topological polar surface area (TPSA) is 98.2 Å². The number of ether oxygens (including phenoxy) is 3. The number of rotatable bonds is 4. The van der Waals surface area contributed by atoms with Gasteiger partial charge in [-0.05, 0) is 24.9 Å². The Hall–Kier alpha value is -2.19. The highest BCUT2D eigenvalue weighted by Crippen LogP contribution is 2.36. The molecular weight excluding hydrogens is 328 g/mol. The summed E-state index contributed by atoms with van der Waals surface area (Å²) in [7, 11) is 1.29. The molecule has 0 radical (unpaired) electrons. The van der Waals surface area contributed by atoms with Crippen LogP contribution in [0, 0.1) is 0 Å². The lowest BCUT2D eigenvalue weighted by Crippen LogP contribution is -2.38. The van der Waals surface area contributed by atoms with Gasteiger partial charge in [-0.25, -0.2) is 9.78 Å². The van der Waals surface area contributed by atoms with E-state index in [-0.39, 0.29) is 12.3 Å². The smallest absolute Gasteiger partial charge is 0.360 e. The van der Waals surface area contributed by atoms with Gasteiger partial charge in [0.2, 0.25) is 5.79 Å². The maximum atomic E-state index is 12.0. The van der Waals surface area contributed by atoms with Gasteiger partial charge in [-0.1, -0.05) is 0 Å². The average Bonchev–Trinajstić information content (AvgIpc) is 3.01. The second-order valence-electron chi connectivity index (χ2n) is 6.69. The third-order valence-electron chi connectivity index (χ3n) is 4.54. The molecule has 3 heterocycles. The highest BCUT2D eigenvalue weighted by Gasteiger charge is 2.36. The zero-order valence-corrected chi connectivity index (χ0v) is 14.6. The molecule has 0 amide bonds. The molecule has 8 heteroatoms. The van der Waals surface area contributed by atoms with E-state index in [2.05, 4.69) is 4.98 Å². The Labute approximate surface area is 145 Å². The molecule has 1 saturated heterocycles. The molecule has 136 valence electrons. The molecule has 1 N–H and O–H groups in total. The van der Waals surface area contributed by atoms with Gasteiger partial charge in [0.1, 0.15) is 6.04 Å². The largest absolute Gasteiger partial charge is 0.480 e. The van der Waals surface area contributed by atoms with Crippen LogP contribution in [0.15, 0.2) is 6.20 Å². The predicted molar refractivity (Wildman–Crippen MR) is 86.1 cm³/mol. The van der Waals surface area contributed by atoms with Crippen LogP contribution in [-0.2, 0) is 27.4 Å². The van der Waals surface area contributed by atoms with Crippen LogP contribution in [0.3, 0.4) is 0 Å². The maximum absolute atomic E-state index is 12.0.